The zero-order valence-corrected chi connectivity index (χ0v) is 12.0. The average Bonchev–Trinajstić information content (AvgIpc) is 2.66. The van der Waals surface area contributed by atoms with Crippen molar-refractivity contribution in [1.29, 1.82) is 0 Å². The molecule has 0 radical (unpaired) electrons. The van der Waals surface area contributed by atoms with E-state index in [-0.39, 0.29) is 5.82 Å². The average molecular weight is 283 g/mol. The summed E-state index contributed by atoms with van der Waals surface area (Å²) in [6, 6.07) is 4.83. The Hall–Kier alpha value is -1.55. The fourth-order valence-electron chi connectivity index (χ4n) is 2.03. The van der Waals surface area contributed by atoms with E-state index in [0.29, 0.717) is 23.7 Å². The van der Waals surface area contributed by atoms with Crippen molar-refractivity contribution in [1.82, 2.24) is 9.78 Å². The molecule has 0 atom stereocenters. The van der Waals surface area contributed by atoms with Crippen LogP contribution in [0, 0.1) is 19.7 Å². The predicted octanol–water partition coefficient (Wildman–Crippen LogP) is 3.43. The Kier molecular flexibility index (Phi) is 4.10. The number of hydrogen-bond acceptors (Lipinski definition) is 2. The van der Waals surface area contributed by atoms with Gasteiger partial charge in [0.2, 0.25) is 0 Å². The molecule has 0 aliphatic carbocycles. The summed E-state index contributed by atoms with van der Waals surface area (Å²) in [5, 5.41) is 4.39. The van der Waals surface area contributed by atoms with Gasteiger partial charge < -0.3 is 4.74 Å². The molecule has 0 aliphatic rings. The summed E-state index contributed by atoms with van der Waals surface area (Å²) < 4.78 is 20.7. The smallest absolute Gasteiger partial charge is 0.131 e. The highest BCUT2D eigenvalue weighted by molar-refractivity contribution is 6.17. The molecule has 2 rings (SSSR count). The molecule has 0 fully saturated rings. The van der Waals surface area contributed by atoms with Crippen molar-refractivity contribution in [3.63, 3.8) is 0 Å². The number of ether oxygens (including phenoxy) is 1. The normalized spacial score (nSPS) is 10.8. The van der Waals surface area contributed by atoms with E-state index in [4.69, 9.17) is 16.3 Å². The third-order valence-electron chi connectivity index (χ3n) is 3.25. The minimum absolute atomic E-state index is 0.292. The Bertz CT molecular complexity index is 595. The van der Waals surface area contributed by atoms with Crippen LogP contribution < -0.4 is 4.74 Å². The lowest BCUT2D eigenvalue weighted by atomic mass is 10.2. The van der Waals surface area contributed by atoms with Gasteiger partial charge in [0.05, 0.1) is 25.2 Å². The van der Waals surface area contributed by atoms with E-state index in [0.717, 1.165) is 17.0 Å². The minimum atomic E-state index is -0.292. The van der Waals surface area contributed by atoms with Crippen molar-refractivity contribution in [2.75, 3.05) is 7.11 Å². The molecule has 2 aromatic rings. The Morgan fingerprint density at radius 2 is 2.11 bits per heavy atom. The van der Waals surface area contributed by atoms with Crippen molar-refractivity contribution in [2.45, 2.75) is 26.3 Å². The zero-order chi connectivity index (χ0) is 14.0. The van der Waals surface area contributed by atoms with Gasteiger partial charge in [-0.3, -0.25) is 4.68 Å². The molecule has 0 unspecified atom stereocenters. The van der Waals surface area contributed by atoms with Gasteiger partial charge in [-0.25, -0.2) is 4.39 Å². The van der Waals surface area contributed by atoms with Gasteiger partial charge in [-0.1, -0.05) is 6.07 Å². The fraction of sp³-hybridized carbons (Fsp3) is 0.357. The molecule has 0 saturated heterocycles. The summed E-state index contributed by atoms with van der Waals surface area (Å²) in [5.41, 5.74) is 3.45. The molecule has 1 aromatic heterocycles. The number of aromatic nitrogens is 2. The second kappa shape index (κ2) is 5.61. The molecule has 102 valence electrons. The van der Waals surface area contributed by atoms with Gasteiger partial charge >= 0.3 is 0 Å². The third-order valence-corrected chi connectivity index (χ3v) is 3.51. The van der Waals surface area contributed by atoms with Gasteiger partial charge in [0.1, 0.15) is 11.6 Å². The van der Waals surface area contributed by atoms with Crippen LogP contribution in [0.4, 0.5) is 4.39 Å². The fourth-order valence-corrected chi connectivity index (χ4v) is 2.41. The van der Waals surface area contributed by atoms with Gasteiger partial charge in [0.15, 0.2) is 0 Å². The van der Waals surface area contributed by atoms with E-state index in [1.165, 1.54) is 13.2 Å². The molecule has 1 aromatic carbocycles. The molecule has 3 nitrogen and oxygen atoms in total. The molecule has 1 heterocycles. The Balaban J connectivity index is 2.31. The number of nitrogens with zero attached hydrogens (tertiary/aromatic N) is 2. The maximum Gasteiger partial charge on any atom is 0.131 e. The Morgan fingerprint density at radius 3 is 2.63 bits per heavy atom. The summed E-state index contributed by atoms with van der Waals surface area (Å²) in [4.78, 5) is 0. The lowest BCUT2D eigenvalue weighted by Gasteiger charge is -2.08. The first-order chi connectivity index (χ1) is 9.06. The summed E-state index contributed by atoms with van der Waals surface area (Å²) in [6.45, 7) is 4.24. The van der Waals surface area contributed by atoms with Crippen LogP contribution in [0.15, 0.2) is 18.2 Å². The predicted molar refractivity (Wildman–Crippen MR) is 73.3 cm³/mol. The van der Waals surface area contributed by atoms with Crippen LogP contribution >= 0.6 is 11.6 Å². The van der Waals surface area contributed by atoms with E-state index < -0.39 is 0 Å². The molecule has 0 spiro atoms. The van der Waals surface area contributed by atoms with Crippen LogP contribution in [0.25, 0.3) is 0 Å². The molecule has 0 saturated carbocycles. The quantitative estimate of drug-likeness (QED) is 0.803. The third kappa shape index (κ3) is 2.73. The van der Waals surface area contributed by atoms with E-state index in [1.807, 2.05) is 13.8 Å². The first-order valence-electron chi connectivity index (χ1n) is 5.98. The number of aryl methyl sites for hydroxylation is 1. The van der Waals surface area contributed by atoms with Crippen LogP contribution in [0.5, 0.6) is 5.75 Å². The Labute approximate surface area is 117 Å². The monoisotopic (exact) mass is 282 g/mol. The van der Waals surface area contributed by atoms with Gasteiger partial charge in [-0.15, -0.1) is 11.6 Å². The van der Waals surface area contributed by atoms with E-state index in [1.54, 1.807) is 16.8 Å². The van der Waals surface area contributed by atoms with Gasteiger partial charge in [0, 0.05) is 22.9 Å². The first-order valence-corrected chi connectivity index (χ1v) is 6.51. The maximum atomic E-state index is 13.9. The molecular formula is C14H16ClFN2O. The number of methoxy groups -OCH3 is 1. The standard InChI is InChI=1S/C14H16ClFN2O/c1-9-13(7-15)10(2)18(17-9)8-11-4-5-12(19-3)6-14(11)16/h4-6H,7-8H2,1-3H3. The molecule has 5 heteroatoms. The molecule has 0 bridgehead atoms. The molecule has 0 aliphatic heterocycles. The highest BCUT2D eigenvalue weighted by Gasteiger charge is 2.12. The zero-order valence-electron chi connectivity index (χ0n) is 11.2. The molecule has 0 amide bonds. The number of halogens is 2. The second-order valence-electron chi connectivity index (χ2n) is 4.40. The van der Waals surface area contributed by atoms with Crippen molar-refractivity contribution >= 4 is 11.6 Å². The van der Waals surface area contributed by atoms with Crippen molar-refractivity contribution in [2.24, 2.45) is 0 Å². The van der Waals surface area contributed by atoms with Crippen LogP contribution in [0.1, 0.15) is 22.5 Å². The number of benzene rings is 1. The van der Waals surface area contributed by atoms with Crippen LogP contribution in [0.3, 0.4) is 0 Å². The van der Waals surface area contributed by atoms with E-state index >= 15 is 0 Å². The molecule has 0 N–H and O–H groups in total. The number of rotatable bonds is 4. The maximum absolute atomic E-state index is 13.9. The minimum Gasteiger partial charge on any atom is -0.497 e. The van der Waals surface area contributed by atoms with Gasteiger partial charge in [-0.05, 0) is 19.9 Å². The summed E-state index contributed by atoms with van der Waals surface area (Å²) in [6.07, 6.45) is 0. The van der Waals surface area contributed by atoms with Gasteiger partial charge in [0.25, 0.3) is 0 Å². The second-order valence-corrected chi connectivity index (χ2v) is 4.67. The van der Waals surface area contributed by atoms with Crippen molar-refractivity contribution in [3.8, 4) is 5.75 Å². The van der Waals surface area contributed by atoms with Crippen LogP contribution in [-0.4, -0.2) is 16.9 Å². The van der Waals surface area contributed by atoms with E-state index in [2.05, 4.69) is 5.10 Å². The summed E-state index contributed by atoms with van der Waals surface area (Å²) >= 11 is 5.88. The molecule has 19 heavy (non-hydrogen) atoms. The van der Waals surface area contributed by atoms with Crippen LogP contribution in [0.2, 0.25) is 0 Å². The summed E-state index contributed by atoms with van der Waals surface area (Å²) in [5.74, 6) is 0.637. The van der Waals surface area contributed by atoms with Crippen molar-refractivity contribution < 1.29 is 9.13 Å². The lowest BCUT2D eigenvalue weighted by Crippen LogP contribution is -2.06. The highest BCUT2D eigenvalue weighted by Crippen LogP contribution is 2.20. The van der Waals surface area contributed by atoms with Crippen LogP contribution in [-0.2, 0) is 12.4 Å². The highest BCUT2D eigenvalue weighted by atomic mass is 35.5. The number of alkyl halides is 1. The SMILES string of the molecule is COc1ccc(Cn2nc(C)c(CCl)c2C)c(F)c1. The molecular weight excluding hydrogens is 267 g/mol. The van der Waals surface area contributed by atoms with Gasteiger partial charge in [-0.2, -0.15) is 5.10 Å². The van der Waals surface area contributed by atoms with E-state index in [9.17, 15) is 4.39 Å². The Morgan fingerprint density at radius 1 is 1.37 bits per heavy atom. The summed E-state index contributed by atoms with van der Waals surface area (Å²) in [7, 11) is 1.52. The topological polar surface area (TPSA) is 27.1 Å². The largest absolute Gasteiger partial charge is 0.497 e. The lowest BCUT2D eigenvalue weighted by molar-refractivity contribution is 0.410. The van der Waals surface area contributed by atoms with Crippen molar-refractivity contribution in [3.05, 3.63) is 46.5 Å². The first kappa shape index (κ1) is 13.9. The number of hydrogen-bond donors (Lipinski definition) is 0.